The maximum atomic E-state index is 12.1. The molecule has 0 aromatic rings. The molecule has 1 amide bonds. The predicted molar refractivity (Wildman–Crippen MR) is 68.5 cm³/mol. The average Bonchev–Trinajstić information content (AvgIpc) is 2.83. The number of carbonyl (C=O) groups is 1. The molecule has 0 radical (unpaired) electrons. The number of amides is 1. The van der Waals surface area contributed by atoms with Crippen LogP contribution in [0.1, 0.15) is 33.1 Å². The van der Waals surface area contributed by atoms with Gasteiger partial charge >= 0.3 is 0 Å². The average molecular weight is 242 g/mol. The van der Waals surface area contributed by atoms with Gasteiger partial charge in [0.25, 0.3) is 0 Å². The largest absolute Gasteiger partial charge is 0.341 e. The van der Waals surface area contributed by atoms with Crippen molar-refractivity contribution in [2.45, 2.75) is 39.2 Å². The molecule has 92 valence electrons. The number of hydrogen-bond acceptors (Lipinski definition) is 3. The highest BCUT2D eigenvalue weighted by Gasteiger charge is 2.33. The zero-order chi connectivity index (χ0) is 11.6. The first-order valence-electron chi connectivity index (χ1n) is 6.24. The van der Waals surface area contributed by atoms with Crippen molar-refractivity contribution in [3.63, 3.8) is 0 Å². The van der Waals surface area contributed by atoms with E-state index in [-0.39, 0.29) is 6.04 Å². The molecule has 4 heteroatoms. The van der Waals surface area contributed by atoms with Crippen LogP contribution in [-0.4, -0.2) is 41.6 Å². The van der Waals surface area contributed by atoms with E-state index in [1.807, 2.05) is 11.8 Å². The Morgan fingerprint density at radius 3 is 2.69 bits per heavy atom. The van der Waals surface area contributed by atoms with Gasteiger partial charge in [0.1, 0.15) is 0 Å². The van der Waals surface area contributed by atoms with Crippen molar-refractivity contribution in [1.29, 1.82) is 0 Å². The Labute approximate surface area is 102 Å². The number of nitrogens with one attached hydrogen (secondary N) is 1. The molecule has 2 saturated heterocycles. The molecular weight excluding hydrogens is 220 g/mol. The lowest BCUT2D eigenvalue weighted by Gasteiger charge is -2.39. The highest BCUT2D eigenvalue weighted by molar-refractivity contribution is 7.99. The van der Waals surface area contributed by atoms with E-state index < -0.39 is 0 Å². The molecule has 0 aromatic heterocycles. The minimum absolute atomic E-state index is 0.0796. The van der Waals surface area contributed by atoms with Gasteiger partial charge in [-0.3, -0.25) is 10.1 Å². The van der Waals surface area contributed by atoms with Crippen molar-refractivity contribution in [2.75, 3.05) is 24.7 Å². The molecule has 2 fully saturated rings. The summed E-state index contributed by atoms with van der Waals surface area (Å²) in [6.45, 7) is 6.50. The maximum Gasteiger partial charge on any atom is 0.240 e. The summed E-state index contributed by atoms with van der Waals surface area (Å²) in [5, 5.41) is 3.26. The normalized spacial score (nSPS) is 29.4. The lowest BCUT2D eigenvalue weighted by atomic mass is 9.78. The quantitative estimate of drug-likeness (QED) is 0.800. The van der Waals surface area contributed by atoms with Gasteiger partial charge in [0, 0.05) is 24.7 Å². The van der Waals surface area contributed by atoms with Crippen LogP contribution in [0.2, 0.25) is 0 Å². The molecular formula is C12H22N2OS. The third kappa shape index (κ3) is 2.54. The zero-order valence-electron chi connectivity index (χ0n) is 10.3. The van der Waals surface area contributed by atoms with Crippen molar-refractivity contribution in [2.24, 2.45) is 5.41 Å². The fourth-order valence-electron chi connectivity index (χ4n) is 2.39. The monoisotopic (exact) mass is 242 g/mol. The van der Waals surface area contributed by atoms with E-state index in [0.29, 0.717) is 11.3 Å². The summed E-state index contributed by atoms with van der Waals surface area (Å²) in [5.74, 6) is 2.19. The van der Waals surface area contributed by atoms with Crippen LogP contribution in [0.4, 0.5) is 0 Å². The fraction of sp³-hybridized carbons (Fsp3) is 0.917. The number of carbonyl (C=O) groups excluding carboxylic acids is 1. The van der Waals surface area contributed by atoms with Crippen LogP contribution in [0.5, 0.6) is 0 Å². The van der Waals surface area contributed by atoms with E-state index in [1.165, 1.54) is 6.42 Å². The van der Waals surface area contributed by atoms with E-state index >= 15 is 0 Å². The van der Waals surface area contributed by atoms with Gasteiger partial charge in [0.2, 0.25) is 5.91 Å². The lowest BCUT2D eigenvalue weighted by Crippen LogP contribution is -2.49. The topological polar surface area (TPSA) is 32.3 Å². The summed E-state index contributed by atoms with van der Waals surface area (Å²) in [5.41, 5.74) is 0.467. The van der Waals surface area contributed by atoms with Crippen molar-refractivity contribution >= 4 is 17.7 Å². The smallest absolute Gasteiger partial charge is 0.240 e. The second-order valence-corrected chi connectivity index (χ2v) is 6.29. The zero-order valence-corrected chi connectivity index (χ0v) is 11.1. The Balaban J connectivity index is 1.86. The molecule has 0 aromatic carbocycles. The van der Waals surface area contributed by atoms with E-state index in [4.69, 9.17) is 0 Å². The first kappa shape index (κ1) is 12.2. The lowest BCUT2D eigenvalue weighted by molar-refractivity contribution is -0.134. The van der Waals surface area contributed by atoms with Crippen LogP contribution in [0.3, 0.4) is 0 Å². The van der Waals surface area contributed by atoms with Crippen LogP contribution >= 0.6 is 11.8 Å². The fourth-order valence-corrected chi connectivity index (χ4v) is 3.33. The van der Waals surface area contributed by atoms with Crippen LogP contribution < -0.4 is 5.32 Å². The van der Waals surface area contributed by atoms with E-state index in [0.717, 1.165) is 37.6 Å². The second-order valence-electron chi connectivity index (χ2n) is 5.26. The Hall–Kier alpha value is -0.220. The third-order valence-electron chi connectivity index (χ3n) is 4.15. The van der Waals surface area contributed by atoms with Crippen LogP contribution in [0, 0.1) is 5.41 Å². The first-order valence-corrected chi connectivity index (χ1v) is 7.40. The molecule has 16 heavy (non-hydrogen) atoms. The number of piperidine rings is 1. The van der Waals surface area contributed by atoms with Crippen molar-refractivity contribution in [3.8, 4) is 0 Å². The molecule has 1 N–H and O–H groups in total. The SMILES string of the molecule is CCC1(C)CCN(C(=O)C2CSCN2)CC1. The van der Waals surface area contributed by atoms with Gasteiger partial charge in [-0.05, 0) is 18.3 Å². The van der Waals surface area contributed by atoms with Crippen molar-refractivity contribution in [1.82, 2.24) is 10.2 Å². The Bertz CT molecular complexity index is 256. The Morgan fingerprint density at radius 2 is 2.19 bits per heavy atom. The molecule has 1 unspecified atom stereocenters. The van der Waals surface area contributed by atoms with Crippen LogP contribution in [-0.2, 0) is 4.79 Å². The van der Waals surface area contributed by atoms with Gasteiger partial charge in [-0.25, -0.2) is 0 Å². The highest BCUT2D eigenvalue weighted by atomic mass is 32.2. The molecule has 1 atom stereocenters. The van der Waals surface area contributed by atoms with Crippen LogP contribution in [0.15, 0.2) is 0 Å². The van der Waals surface area contributed by atoms with Crippen molar-refractivity contribution in [3.05, 3.63) is 0 Å². The summed E-state index contributed by atoms with van der Waals surface area (Å²) >= 11 is 1.82. The van der Waals surface area contributed by atoms with Gasteiger partial charge in [-0.15, -0.1) is 11.8 Å². The van der Waals surface area contributed by atoms with Crippen LogP contribution in [0.25, 0.3) is 0 Å². The highest BCUT2D eigenvalue weighted by Crippen LogP contribution is 2.34. The predicted octanol–water partition coefficient (Wildman–Crippen LogP) is 1.69. The van der Waals surface area contributed by atoms with E-state index in [2.05, 4.69) is 24.1 Å². The summed E-state index contributed by atoms with van der Waals surface area (Å²) in [6.07, 6.45) is 3.55. The third-order valence-corrected chi connectivity index (χ3v) is 5.09. The minimum atomic E-state index is 0.0796. The summed E-state index contributed by atoms with van der Waals surface area (Å²) in [7, 11) is 0. The van der Waals surface area contributed by atoms with Gasteiger partial charge in [0.05, 0.1) is 6.04 Å². The second kappa shape index (κ2) is 4.96. The molecule has 2 aliphatic heterocycles. The van der Waals surface area contributed by atoms with Gasteiger partial charge in [-0.1, -0.05) is 20.3 Å². The minimum Gasteiger partial charge on any atom is -0.341 e. The van der Waals surface area contributed by atoms with Gasteiger partial charge in [-0.2, -0.15) is 0 Å². The molecule has 0 aliphatic carbocycles. The summed E-state index contributed by atoms with van der Waals surface area (Å²) in [6, 6.07) is 0.0796. The number of likely N-dealkylation sites (tertiary alicyclic amines) is 1. The summed E-state index contributed by atoms with van der Waals surface area (Å²) < 4.78 is 0. The maximum absolute atomic E-state index is 12.1. The number of hydrogen-bond donors (Lipinski definition) is 1. The Kier molecular flexibility index (Phi) is 3.80. The van der Waals surface area contributed by atoms with Gasteiger partial charge < -0.3 is 4.90 Å². The first-order chi connectivity index (χ1) is 7.64. The summed E-state index contributed by atoms with van der Waals surface area (Å²) in [4.78, 5) is 14.2. The molecule has 2 aliphatic rings. The molecule has 0 spiro atoms. The van der Waals surface area contributed by atoms with Gasteiger partial charge in [0.15, 0.2) is 0 Å². The van der Waals surface area contributed by atoms with E-state index in [1.54, 1.807) is 0 Å². The van der Waals surface area contributed by atoms with Crippen molar-refractivity contribution < 1.29 is 4.79 Å². The Morgan fingerprint density at radius 1 is 1.50 bits per heavy atom. The van der Waals surface area contributed by atoms with E-state index in [9.17, 15) is 4.79 Å². The molecule has 3 nitrogen and oxygen atoms in total. The molecule has 2 heterocycles. The molecule has 0 bridgehead atoms. The number of rotatable bonds is 2. The molecule has 2 rings (SSSR count). The standard InChI is InChI=1S/C12H22N2OS/c1-3-12(2)4-6-14(7-5-12)11(15)10-8-16-9-13-10/h10,13H,3-9H2,1-2H3. The number of nitrogens with zero attached hydrogens (tertiary/aromatic N) is 1. The number of thioether (sulfide) groups is 1. The molecule has 0 saturated carbocycles.